The monoisotopic (exact) mass is 288 g/mol. The minimum atomic E-state index is -3.57. The minimum Gasteiger partial charge on any atom is -0.381 e. The number of nitrogens with two attached hydrogens (primary N) is 1. The Morgan fingerprint density at radius 1 is 1.42 bits per heavy atom. The normalized spacial score (nSPS) is 14.0. The molecule has 19 heavy (non-hydrogen) atoms. The summed E-state index contributed by atoms with van der Waals surface area (Å²) in [5.41, 5.74) is 6.32. The molecule has 0 fully saturated rings. The van der Waals surface area contributed by atoms with Crippen LogP contribution in [-0.4, -0.2) is 35.6 Å². The van der Waals surface area contributed by atoms with Gasteiger partial charge in [0, 0.05) is 20.1 Å². The van der Waals surface area contributed by atoms with Crippen LogP contribution < -0.4 is 5.73 Å². The molecule has 1 rings (SSSR count). The van der Waals surface area contributed by atoms with Crippen LogP contribution in [-0.2, 0) is 17.1 Å². The summed E-state index contributed by atoms with van der Waals surface area (Å²) in [5.74, 6) is 0.385. The summed E-state index contributed by atoms with van der Waals surface area (Å²) in [5, 5.41) is 3.98. The zero-order chi connectivity index (χ0) is 14.8. The second-order valence-corrected chi connectivity index (χ2v) is 6.77. The third-order valence-electron chi connectivity index (χ3n) is 3.47. The highest BCUT2D eigenvalue weighted by Crippen LogP contribution is 2.25. The first-order valence-corrected chi connectivity index (χ1v) is 7.98. The molecule has 1 atom stereocenters. The Morgan fingerprint density at radius 3 is 2.37 bits per heavy atom. The molecule has 1 unspecified atom stereocenters. The lowest BCUT2D eigenvalue weighted by Crippen LogP contribution is -2.35. The van der Waals surface area contributed by atoms with E-state index in [2.05, 4.69) is 12.0 Å². The van der Waals surface area contributed by atoms with Crippen LogP contribution in [0.15, 0.2) is 4.90 Å². The van der Waals surface area contributed by atoms with E-state index in [0.717, 1.165) is 6.42 Å². The van der Waals surface area contributed by atoms with Gasteiger partial charge in [0.2, 0.25) is 10.0 Å². The molecule has 110 valence electrons. The number of rotatable bonds is 6. The molecule has 0 radical (unpaired) electrons. The van der Waals surface area contributed by atoms with Gasteiger partial charge in [0.15, 0.2) is 5.82 Å². The molecule has 7 heteroatoms. The van der Waals surface area contributed by atoms with E-state index in [4.69, 9.17) is 5.73 Å². The van der Waals surface area contributed by atoms with E-state index in [0.29, 0.717) is 24.7 Å². The largest absolute Gasteiger partial charge is 0.381 e. The minimum absolute atomic E-state index is 0.0719. The Hall–Kier alpha value is -1.08. The van der Waals surface area contributed by atoms with Gasteiger partial charge in [-0.25, -0.2) is 8.42 Å². The molecule has 1 aromatic heterocycles. The Balaban J connectivity index is 3.21. The molecule has 1 aromatic rings. The van der Waals surface area contributed by atoms with Crippen molar-refractivity contribution in [2.75, 3.05) is 18.8 Å². The molecule has 0 saturated heterocycles. The molecule has 0 amide bonds. The topological polar surface area (TPSA) is 81.2 Å². The third kappa shape index (κ3) is 3.09. The highest BCUT2D eigenvalue weighted by atomic mass is 32.2. The van der Waals surface area contributed by atoms with Crippen LogP contribution in [0.5, 0.6) is 0 Å². The quantitative estimate of drug-likeness (QED) is 0.857. The number of nitrogens with zero attached hydrogens (tertiary/aromatic N) is 3. The van der Waals surface area contributed by atoms with Crippen LogP contribution in [0.2, 0.25) is 0 Å². The molecule has 0 saturated carbocycles. The number of hydrogen-bond donors (Lipinski definition) is 1. The molecule has 0 spiro atoms. The first-order chi connectivity index (χ1) is 8.75. The number of aryl methyl sites for hydroxylation is 1. The molecular formula is C12H24N4O2S. The summed E-state index contributed by atoms with van der Waals surface area (Å²) in [7, 11) is -1.88. The molecule has 0 aliphatic heterocycles. The van der Waals surface area contributed by atoms with Crippen LogP contribution in [0.3, 0.4) is 0 Å². The zero-order valence-electron chi connectivity index (χ0n) is 12.3. The van der Waals surface area contributed by atoms with Gasteiger partial charge in [-0.1, -0.05) is 27.2 Å². The summed E-state index contributed by atoms with van der Waals surface area (Å²) in [6.45, 7) is 8.57. The second-order valence-electron chi connectivity index (χ2n) is 4.89. The maximum atomic E-state index is 12.7. The Bertz CT molecular complexity index is 536. The molecule has 0 bridgehead atoms. The van der Waals surface area contributed by atoms with Crippen molar-refractivity contribution in [2.24, 2.45) is 13.0 Å². The fourth-order valence-corrected chi connectivity index (χ4v) is 3.80. The van der Waals surface area contributed by atoms with Crippen LogP contribution >= 0.6 is 0 Å². The lowest BCUT2D eigenvalue weighted by molar-refractivity contribution is 0.361. The van der Waals surface area contributed by atoms with Gasteiger partial charge in [-0.15, -0.1) is 0 Å². The van der Waals surface area contributed by atoms with E-state index >= 15 is 0 Å². The molecule has 2 N–H and O–H groups in total. The van der Waals surface area contributed by atoms with Gasteiger partial charge < -0.3 is 5.73 Å². The van der Waals surface area contributed by atoms with Crippen molar-refractivity contribution >= 4 is 15.8 Å². The van der Waals surface area contributed by atoms with Crippen LogP contribution in [0.4, 0.5) is 5.82 Å². The first-order valence-electron chi connectivity index (χ1n) is 6.54. The molecular weight excluding hydrogens is 264 g/mol. The predicted octanol–water partition coefficient (Wildman–Crippen LogP) is 1.37. The fourth-order valence-electron chi connectivity index (χ4n) is 1.94. The summed E-state index contributed by atoms with van der Waals surface area (Å²) in [6, 6.07) is 0. The summed E-state index contributed by atoms with van der Waals surface area (Å²) in [4.78, 5) is 0.139. The van der Waals surface area contributed by atoms with Gasteiger partial charge in [-0.05, 0) is 12.8 Å². The zero-order valence-corrected chi connectivity index (χ0v) is 13.2. The lowest BCUT2D eigenvalue weighted by atomic mass is 10.1. The number of aromatic nitrogens is 2. The average Bonchev–Trinajstić information content (AvgIpc) is 2.59. The number of hydrogen-bond acceptors (Lipinski definition) is 4. The number of nitrogen functional groups attached to an aromatic ring is 1. The van der Waals surface area contributed by atoms with E-state index in [1.54, 1.807) is 14.0 Å². The number of sulfonamides is 1. The fraction of sp³-hybridized carbons (Fsp3) is 0.750. The van der Waals surface area contributed by atoms with Crippen LogP contribution in [0, 0.1) is 12.8 Å². The van der Waals surface area contributed by atoms with E-state index in [1.165, 1.54) is 8.99 Å². The maximum absolute atomic E-state index is 12.7. The molecule has 1 heterocycles. The van der Waals surface area contributed by atoms with Crippen molar-refractivity contribution in [1.82, 2.24) is 14.1 Å². The van der Waals surface area contributed by atoms with Gasteiger partial charge >= 0.3 is 0 Å². The predicted molar refractivity (Wildman–Crippen MR) is 76.2 cm³/mol. The lowest BCUT2D eigenvalue weighted by Gasteiger charge is -2.23. The Kier molecular flexibility index (Phi) is 4.98. The van der Waals surface area contributed by atoms with E-state index in [-0.39, 0.29) is 10.7 Å². The van der Waals surface area contributed by atoms with E-state index in [9.17, 15) is 8.42 Å². The molecule has 0 aliphatic rings. The van der Waals surface area contributed by atoms with Crippen molar-refractivity contribution in [3.8, 4) is 0 Å². The summed E-state index contributed by atoms with van der Waals surface area (Å²) in [6.07, 6.45) is 0.938. The Labute approximate surface area is 115 Å². The van der Waals surface area contributed by atoms with Crippen LogP contribution in [0.1, 0.15) is 32.9 Å². The molecule has 6 nitrogen and oxygen atoms in total. The molecule has 0 aliphatic carbocycles. The van der Waals surface area contributed by atoms with E-state index < -0.39 is 10.0 Å². The van der Waals surface area contributed by atoms with Gasteiger partial charge in [0.05, 0.1) is 5.69 Å². The third-order valence-corrected chi connectivity index (χ3v) is 5.57. The SMILES string of the molecule is CCC(C)CN(CC)S(=O)(=O)c1c(N)nn(C)c1C. The van der Waals surface area contributed by atoms with Crippen molar-refractivity contribution in [1.29, 1.82) is 0 Å². The molecule has 0 aromatic carbocycles. The van der Waals surface area contributed by atoms with Crippen LogP contribution in [0.25, 0.3) is 0 Å². The van der Waals surface area contributed by atoms with Crippen molar-refractivity contribution in [2.45, 2.75) is 39.0 Å². The summed E-state index contributed by atoms with van der Waals surface area (Å²) < 4.78 is 28.3. The van der Waals surface area contributed by atoms with Gasteiger partial charge in [-0.3, -0.25) is 4.68 Å². The van der Waals surface area contributed by atoms with Gasteiger partial charge in [0.1, 0.15) is 4.90 Å². The highest BCUT2D eigenvalue weighted by molar-refractivity contribution is 7.89. The van der Waals surface area contributed by atoms with Gasteiger partial charge in [-0.2, -0.15) is 9.40 Å². The van der Waals surface area contributed by atoms with Crippen molar-refractivity contribution < 1.29 is 8.42 Å². The standard InChI is InChI=1S/C12H24N4O2S/c1-6-9(3)8-16(7-2)19(17,18)11-10(4)15(5)14-12(11)13/h9H,6-8H2,1-5H3,(H2,13,14). The van der Waals surface area contributed by atoms with Crippen molar-refractivity contribution in [3.63, 3.8) is 0 Å². The average molecular weight is 288 g/mol. The summed E-state index contributed by atoms with van der Waals surface area (Å²) >= 11 is 0. The number of anilines is 1. The van der Waals surface area contributed by atoms with Gasteiger partial charge in [0.25, 0.3) is 0 Å². The highest BCUT2D eigenvalue weighted by Gasteiger charge is 2.30. The maximum Gasteiger partial charge on any atom is 0.248 e. The smallest absolute Gasteiger partial charge is 0.248 e. The van der Waals surface area contributed by atoms with E-state index in [1.807, 2.05) is 13.8 Å². The Morgan fingerprint density at radius 2 is 2.00 bits per heavy atom. The first kappa shape index (κ1) is 16.0. The van der Waals surface area contributed by atoms with Crippen molar-refractivity contribution in [3.05, 3.63) is 5.69 Å². The second kappa shape index (κ2) is 5.92.